The average molecular weight is 377 g/mol. The number of hydrogen-bond donors (Lipinski definition) is 2. The van der Waals surface area contributed by atoms with Crippen LogP contribution in [0.1, 0.15) is 12.5 Å². The molecule has 1 aromatic heterocycles. The summed E-state index contributed by atoms with van der Waals surface area (Å²) in [6.45, 7) is 0.153. The minimum atomic E-state index is -0.806. The Bertz CT molecular complexity index is 1080. The van der Waals surface area contributed by atoms with Gasteiger partial charge in [0.15, 0.2) is 17.3 Å². The Morgan fingerprint density at radius 2 is 1.96 bits per heavy atom. The lowest BCUT2D eigenvalue weighted by molar-refractivity contribution is -0.125. The van der Waals surface area contributed by atoms with Crippen LogP contribution in [0.25, 0.3) is 11.4 Å². The van der Waals surface area contributed by atoms with Crippen LogP contribution >= 0.6 is 0 Å². The van der Waals surface area contributed by atoms with Crippen molar-refractivity contribution in [2.45, 2.75) is 12.5 Å². The Hall–Kier alpha value is -3.88. The Morgan fingerprint density at radius 3 is 2.82 bits per heavy atom. The molecule has 28 heavy (non-hydrogen) atoms. The van der Waals surface area contributed by atoms with Gasteiger partial charge in [-0.3, -0.25) is 14.9 Å². The van der Waals surface area contributed by atoms with Crippen LogP contribution in [0.4, 0.5) is 11.6 Å². The van der Waals surface area contributed by atoms with Crippen LogP contribution in [0.15, 0.2) is 48.5 Å². The Kier molecular flexibility index (Phi) is 3.71. The highest BCUT2D eigenvalue weighted by molar-refractivity contribution is 6.01. The molecule has 2 N–H and O–H groups in total. The number of ether oxygens (including phenoxy) is 2. The Labute approximate surface area is 159 Å². The zero-order chi connectivity index (χ0) is 19.1. The van der Waals surface area contributed by atoms with E-state index in [2.05, 4.69) is 20.7 Å². The van der Waals surface area contributed by atoms with Gasteiger partial charge in [-0.25, -0.2) is 4.68 Å². The van der Waals surface area contributed by atoms with Crippen molar-refractivity contribution < 1.29 is 19.1 Å². The van der Waals surface area contributed by atoms with Gasteiger partial charge in [-0.05, 0) is 12.1 Å². The van der Waals surface area contributed by atoms with E-state index in [0.717, 1.165) is 5.56 Å². The van der Waals surface area contributed by atoms with Crippen LogP contribution in [0.5, 0.6) is 11.5 Å². The van der Waals surface area contributed by atoms with Crippen LogP contribution in [0, 0.1) is 0 Å². The van der Waals surface area contributed by atoms with Gasteiger partial charge in [-0.15, -0.1) is 5.10 Å². The first-order valence-corrected chi connectivity index (χ1v) is 8.70. The normalized spacial score (nSPS) is 17.0. The van der Waals surface area contributed by atoms with E-state index in [4.69, 9.17) is 9.47 Å². The maximum atomic E-state index is 12.9. The van der Waals surface area contributed by atoms with Gasteiger partial charge >= 0.3 is 0 Å². The second-order valence-corrected chi connectivity index (χ2v) is 6.40. The predicted octanol–water partition coefficient (Wildman–Crippen LogP) is 2.20. The molecule has 9 heteroatoms. The topological polar surface area (TPSA) is 107 Å². The second-order valence-electron chi connectivity index (χ2n) is 6.40. The molecular formula is C19H15N5O4. The zero-order valence-electron chi connectivity index (χ0n) is 14.6. The summed E-state index contributed by atoms with van der Waals surface area (Å²) >= 11 is 0. The number of nitrogens with zero attached hydrogens (tertiary/aromatic N) is 3. The monoisotopic (exact) mass is 377 g/mol. The first-order valence-electron chi connectivity index (χ1n) is 8.70. The number of hydrogen-bond acceptors (Lipinski definition) is 6. The number of anilines is 2. The molecule has 3 heterocycles. The van der Waals surface area contributed by atoms with Gasteiger partial charge in [-0.1, -0.05) is 30.3 Å². The molecule has 0 radical (unpaired) electrons. The number of carbonyl (C=O) groups is 2. The SMILES string of the molecule is O=C1CC(C(=O)Nc2ccc3c(c2)OCO3)n2nc(-c3ccccc3)nc2N1. The summed E-state index contributed by atoms with van der Waals surface area (Å²) in [5, 5.41) is 9.92. The van der Waals surface area contributed by atoms with Gasteiger partial charge in [0.25, 0.3) is 0 Å². The molecule has 2 aliphatic heterocycles. The molecule has 0 saturated heterocycles. The van der Waals surface area contributed by atoms with Crippen molar-refractivity contribution in [1.82, 2.24) is 14.8 Å². The second kappa shape index (κ2) is 6.38. The number of rotatable bonds is 3. The molecular weight excluding hydrogens is 362 g/mol. The fourth-order valence-corrected chi connectivity index (χ4v) is 3.18. The van der Waals surface area contributed by atoms with E-state index >= 15 is 0 Å². The summed E-state index contributed by atoms with van der Waals surface area (Å²) in [5.74, 6) is 1.23. The van der Waals surface area contributed by atoms with Gasteiger partial charge in [0.05, 0.1) is 6.42 Å². The fraction of sp³-hybridized carbons (Fsp3) is 0.158. The lowest BCUT2D eigenvalue weighted by Gasteiger charge is -2.22. The van der Waals surface area contributed by atoms with E-state index < -0.39 is 6.04 Å². The van der Waals surface area contributed by atoms with E-state index in [1.807, 2.05) is 30.3 Å². The number of aromatic nitrogens is 3. The standard InChI is InChI=1S/C19H15N5O4/c25-16-9-13(18(26)20-12-6-7-14-15(8-12)28-10-27-14)24-19(21-16)22-17(23-24)11-4-2-1-3-5-11/h1-8,13H,9-10H2,(H,20,26)(H,21,22,23,25). The van der Waals surface area contributed by atoms with Crippen LogP contribution in [-0.2, 0) is 9.59 Å². The van der Waals surface area contributed by atoms with Crippen molar-refractivity contribution in [1.29, 1.82) is 0 Å². The maximum Gasteiger partial charge on any atom is 0.249 e. The van der Waals surface area contributed by atoms with E-state index in [0.29, 0.717) is 23.0 Å². The number of carbonyl (C=O) groups excluding carboxylic acids is 2. The van der Waals surface area contributed by atoms with Crippen LogP contribution in [0.3, 0.4) is 0 Å². The smallest absolute Gasteiger partial charge is 0.249 e. The third kappa shape index (κ3) is 2.82. The molecule has 0 spiro atoms. The summed E-state index contributed by atoms with van der Waals surface area (Å²) in [7, 11) is 0. The fourth-order valence-electron chi connectivity index (χ4n) is 3.18. The highest BCUT2D eigenvalue weighted by Crippen LogP contribution is 2.35. The van der Waals surface area contributed by atoms with Crippen LogP contribution < -0.4 is 20.1 Å². The predicted molar refractivity (Wildman–Crippen MR) is 98.9 cm³/mol. The summed E-state index contributed by atoms with van der Waals surface area (Å²) in [5.41, 5.74) is 1.35. The van der Waals surface area contributed by atoms with E-state index in [1.165, 1.54) is 4.68 Å². The van der Waals surface area contributed by atoms with Gasteiger partial charge in [0.2, 0.25) is 24.6 Å². The first-order chi connectivity index (χ1) is 13.7. The highest BCUT2D eigenvalue weighted by Gasteiger charge is 2.33. The molecule has 2 amide bonds. The summed E-state index contributed by atoms with van der Waals surface area (Å²) in [4.78, 5) is 29.3. The average Bonchev–Trinajstić information content (AvgIpc) is 3.34. The Balaban J connectivity index is 1.43. The number of nitrogens with one attached hydrogen (secondary N) is 2. The highest BCUT2D eigenvalue weighted by atomic mass is 16.7. The van der Waals surface area contributed by atoms with E-state index in [1.54, 1.807) is 18.2 Å². The molecule has 9 nitrogen and oxygen atoms in total. The zero-order valence-corrected chi connectivity index (χ0v) is 14.6. The maximum absolute atomic E-state index is 12.9. The van der Waals surface area contributed by atoms with Gasteiger partial charge in [0.1, 0.15) is 6.04 Å². The van der Waals surface area contributed by atoms with Crippen LogP contribution in [0.2, 0.25) is 0 Å². The third-order valence-corrected chi connectivity index (χ3v) is 4.53. The van der Waals surface area contributed by atoms with Gasteiger partial charge < -0.3 is 14.8 Å². The largest absolute Gasteiger partial charge is 0.454 e. The molecule has 2 aromatic carbocycles. The molecule has 0 fully saturated rings. The number of fused-ring (bicyclic) bond motifs is 2. The molecule has 1 unspecified atom stereocenters. The first kappa shape index (κ1) is 16.3. The summed E-state index contributed by atoms with van der Waals surface area (Å²) in [6.07, 6.45) is -0.0268. The molecule has 2 aliphatic rings. The van der Waals surface area contributed by atoms with E-state index in [-0.39, 0.29) is 31.0 Å². The van der Waals surface area contributed by atoms with Gasteiger partial charge in [0, 0.05) is 17.3 Å². The van der Waals surface area contributed by atoms with Crippen molar-refractivity contribution in [2.24, 2.45) is 0 Å². The van der Waals surface area contributed by atoms with Crippen LogP contribution in [-0.4, -0.2) is 33.4 Å². The summed E-state index contributed by atoms with van der Waals surface area (Å²) in [6, 6.07) is 13.7. The lowest BCUT2D eigenvalue weighted by atomic mass is 10.1. The van der Waals surface area contributed by atoms with Crippen molar-refractivity contribution in [3.8, 4) is 22.9 Å². The quantitative estimate of drug-likeness (QED) is 0.725. The molecule has 0 bridgehead atoms. The van der Waals surface area contributed by atoms with Crippen molar-refractivity contribution in [3.05, 3.63) is 48.5 Å². The number of benzene rings is 2. The molecule has 0 saturated carbocycles. The number of amides is 2. The van der Waals surface area contributed by atoms with Gasteiger partial charge in [-0.2, -0.15) is 4.98 Å². The lowest BCUT2D eigenvalue weighted by Crippen LogP contribution is -2.36. The minimum absolute atomic E-state index is 0.0268. The van der Waals surface area contributed by atoms with Crippen molar-refractivity contribution in [2.75, 3.05) is 17.4 Å². The molecule has 1 atom stereocenters. The molecule has 0 aliphatic carbocycles. The summed E-state index contributed by atoms with van der Waals surface area (Å²) < 4.78 is 12.0. The molecule has 5 rings (SSSR count). The van der Waals surface area contributed by atoms with E-state index in [9.17, 15) is 9.59 Å². The van der Waals surface area contributed by atoms with Crippen molar-refractivity contribution >= 4 is 23.5 Å². The molecule has 3 aromatic rings. The third-order valence-electron chi connectivity index (χ3n) is 4.53. The van der Waals surface area contributed by atoms with Crippen molar-refractivity contribution in [3.63, 3.8) is 0 Å². The Morgan fingerprint density at radius 1 is 1.14 bits per heavy atom. The molecule has 140 valence electrons. The minimum Gasteiger partial charge on any atom is -0.454 e.